The van der Waals surface area contributed by atoms with Crippen LogP contribution in [-0.2, 0) is 6.18 Å². The molecule has 0 aliphatic rings. The fraction of sp³-hybridized carbons (Fsp3) is 0.105. The zero-order valence-corrected chi connectivity index (χ0v) is 16.8. The van der Waals surface area contributed by atoms with Gasteiger partial charge in [0.05, 0.1) is 12.0 Å². The van der Waals surface area contributed by atoms with Gasteiger partial charge < -0.3 is 9.73 Å². The van der Waals surface area contributed by atoms with E-state index in [4.69, 9.17) is 16.0 Å². The van der Waals surface area contributed by atoms with Crippen LogP contribution in [0.3, 0.4) is 0 Å². The first-order valence-electron chi connectivity index (χ1n) is 8.44. The van der Waals surface area contributed by atoms with Gasteiger partial charge >= 0.3 is 6.18 Å². The molecule has 6 nitrogen and oxygen atoms in total. The number of para-hydroxylation sites is 1. The second-order valence-electron chi connectivity index (χ2n) is 6.05. The number of rotatable bonds is 4. The van der Waals surface area contributed by atoms with Crippen molar-refractivity contribution in [3.8, 4) is 11.5 Å². The van der Waals surface area contributed by atoms with Gasteiger partial charge in [0.25, 0.3) is 5.91 Å². The lowest BCUT2D eigenvalue weighted by molar-refractivity contribution is -0.142. The number of furan rings is 1. The number of alkyl halides is 3. The Balaban J connectivity index is 1.84. The van der Waals surface area contributed by atoms with E-state index in [1.54, 1.807) is 24.3 Å². The Hall–Kier alpha value is -2.98. The molecule has 3 aromatic heterocycles. The Morgan fingerprint density at radius 2 is 2.00 bits per heavy atom. The minimum atomic E-state index is -4.77. The minimum absolute atomic E-state index is 0.0821. The molecule has 0 saturated carbocycles. The van der Waals surface area contributed by atoms with Crippen molar-refractivity contribution in [2.24, 2.45) is 0 Å². The Morgan fingerprint density at radius 3 is 2.67 bits per heavy atom. The molecule has 1 N–H and O–H groups in total. The van der Waals surface area contributed by atoms with Crippen molar-refractivity contribution >= 4 is 40.6 Å². The first-order chi connectivity index (χ1) is 14.3. The fourth-order valence-corrected chi connectivity index (χ4v) is 3.62. The zero-order chi connectivity index (χ0) is 21.5. The summed E-state index contributed by atoms with van der Waals surface area (Å²) in [5.41, 5.74) is -1.41. The van der Waals surface area contributed by atoms with Crippen LogP contribution >= 0.6 is 23.4 Å². The van der Waals surface area contributed by atoms with Crippen LogP contribution in [0.25, 0.3) is 17.1 Å². The smallest absolute Gasteiger partial charge is 0.433 e. The molecule has 0 unspecified atom stereocenters. The van der Waals surface area contributed by atoms with E-state index in [9.17, 15) is 18.0 Å². The molecule has 4 aromatic rings. The number of carbonyl (C=O) groups is 1. The number of amides is 1. The number of hydrogen-bond donors (Lipinski definition) is 1. The average Bonchev–Trinajstić information content (AvgIpc) is 3.35. The number of nitrogens with zero attached hydrogens (tertiary/aromatic N) is 3. The third-order valence-electron chi connectivity index (χ3n) is 4.17. The van der Waals surface area contributed by atoms with Crippen molar-refractivity contribution in [3.63, 3.8) is 0 Å². The van der Waals surface area contributed by atoms with Gasteiger partial charge in [-0.1, -0.05) is 23.7 Å². The molecule has 0 spiro atoms. The minimum Gasteiger partial charge on any atom is -0.463 e. The van der Waals surface area contributed by atoms with Gasteiger partial charge in [0.2, 0.25) is 0 Å². The first kappa shape index (κ1) is 20.3. The van der Waals surface area contributed by atoms with Gasteiger partial charge in [-0.05, 0) is 36.6 Å². The van der Waals surface area contributed by atoms with Gasteiger partial charge in [-0.3, -0.25) is 4.79 Å². The molecule has 0 atom stereocenters. The number of halogens is 4. The van der Waals surface area contributed by atoms with Crippen LogP contribution < -0.4 is 5.32 Å². The molecule has 0 radical (unpaired) electrons. The fourth-order valence-electron chi connectivity index (χ4n) is 2.82. The summed E-state index contributed by atoms with van der Waals surface area (Å²) >= 11 is 7.64. The third kappa shape index (κ3) is 3.63. The molecule has 3 heterocycles. The molecule has 0 aliphatic carbocycles. The number of thioether (sulfide) groups is 1. The normalized spacial score (nSPS) is 11.8. The van der Waals surface area contributed by atoms with Crippen LogP contribution in [0.15, 0.2) is 58.0 Å². The summed E-state index contributed by atoms with van der Waals surface area (Å²) in [5.74, 6) is -0.625. The lowest BCUT2D eigenvalue weighted by Crippen LogP contribution is -2.16. The second kappa shape index (κ2) is 7.69. The number of carbonyl (C=O) groups excluding carboxylic acids is 1. The number of nitrogens with one attached hydrogen (secondary N) is 1. The predicted molar refractivity (Wildman–Crippen MR) is 107 cm³/mol. The van der Waals surface area contributed by atoms with Crippen molar-refractivity contribution in [1.29, 1.82) is 0 Å². The highest BCUT2D eigenvalue weighted by Gasteiger charge is 2.37. The highest BCUT2D eigenvalue weighted by Crippen LogP contribution is 2.35. The van der Waals surface area contributed by atoms with Gasteiger partial charge in [0.15, 0.2) is 22.8 Å². The Bertz CT molecular complexity index is 1240. The summed E-state index contributed by atoms with van der Waals surface area (Å²) in [5, 5.41) is 6.14. The van der Waals surface area contributed by atoms with E-state index < -0.39 is 17.8 Å². The lowest BCUT2D eigenvalue weighted by atomic mass is 10.2. The van der Waals surface area contributed by atoms with Gasteiger partial charge in [-0.25, -0.2) is 9.50 Å². The molecule has 4 rings (SSSR count). The van der Waals surface area contributed by atoms with Crippen molar-refractivity contribution in [2.75, 3.05) is 11.6 Å². The number of hydrogen-bond acceptors (Lipinski definition) is 5. The molecular weight excluding hydrogens is 441 g/mol. The van der Waals surface area contributed by atoms with Gasteiger partial charge in [0, 0.05) is 4.90 Å². The van der Waals surface area contributed by atoms with E-state index in [1.165, 1.54) is 30.2 Å². The van der Waals surface area contributed by atoms with Crippen LogP contribution in [0.5, 0.6) is 0 Å². The maximum Gasteiger partial charge on any atom is 0.433 e. The number of anilines is 1. The number of fused-ring (bicyclic) bond motifs is 1. The largest absolute Gasteiger partial charge is 0.463 e. The van der Waals surface area contributed by atoms with Gasteiger partial charge in [-0.2, -0.15) is 18.3 Å². The highest BCUT2D eigenvalue weighted by atomic mass is 35.5. The zero-order valence-electron chi connectivity index (χ0n) is 15.2. The number of benzene rings is 1. The summed E-state index contributed by atoms with van der Waals surface area (Å²) in [6.07, 6.45) is -1.62. The van der Waals surface area contributed by atoms with Crippen LogP contribution in [0.4, 0.5) is 18.9 Å². The SMILES string of the molecule is CSc1ccccc1NC(=O)c1nn2c(C(F)(F)F)cc(-c3ccco3)nc2c1Cl. The molecule has 154 valence electrons. The Kier molecular flexibility index (Phi) is 5.20. The topological polar surface area (TPSA) is 72.4 Å². The summed E-state index contributed by atoms with van der Waals surface area (Å²) in [7, 11) is 0. The van der Waals surface area contributed by atoms with Crippen molar-refractivity contribution in [2.45, 2.75) is 11.1 Å². The first-order valence-corrected chi connectivity index (χ1v) is 10.0. The van der Waals surface area contributed by atoms with Crippen LogP contribution in [0.2, 0.25) is 5.02 Å². The molecule has 30 heavy (non-hydrogen) atoms. The molecule has 0 aliphatic heterocycles. The molecule has 1 aromatic carbocycles. The molecule has 0 bridgehead atoms. The Morgan fingerprint density at radius 1 is 1.23 bits per heavy atom. The van der Waals surface area contributed by atoms with E-state index in [1.807, 2.05) is 6.26 Å². The second-order valence-corrected chi connectivity index (χ2v) is 7.28. The lowest BCUT2D eigenvalue weighted by Gasteiger charge is -2.10. The highest BCUT2D eigenvalue weighted by molar-refractivity contribution is 7.98. The molecule has 1 amide bonds. The summed E-state index contributed by atoms with van der Waals surface area (Å²) in [6.45, 7) is 0. The molecule has 11 heteroatoms. The molecule has 0 saturated heterocycles. The van der Waals surface area contributed by atoms with Crippen LogP contribution in [0.1, 0.15) is 16.2 Å². The average molecular weight is 453 g/mol. The van der Waals surface area contributed by atoms with E-state index in [2.05, 4.69) is 15.4 Å². The number of aromatic nitrogens is 3. The van der Waals surface area contributed by atoms with Crippen LogP contribution in [-0.4, -0.2) is 26.8 Å². The Labute approximate surface area is 177 Å². The summed E-state index contributed by atoms with van der Waals surface area (Å²) in [6, 6.07) is 10.8. The summed E-state index contributed by atoms with van der Waals surface area (Å²) < 4.78 is 46.7. The van der Waals surface area contributed by atoms with Crippen molar-refractivity contribution < 1.29 is 22.4 Å². The maximum absolute atomic E-state index is 13.7. The van der Waals surface area contributed by atoms with Gasteiger partial charge in [-0.15, -0.1) is 11.8 Å². The van der Waals surface area contributed by atoms with E-state index >= 15 is 0 Å². The molecular formula is C19H12ClF3N4O2S. The van der Waals surface area contributed by atoms with E-state index in [0.717, 1.165) is 11.0 Å². The van der Waals surface area contributed by atoms with Crippen molar-refractivity contribution in [1.82, 2.24) is 14.6 Å². The third-order valence-corrected chi connectivity index (χ3v) is 5.31. The van der Waals surface area contributed by atoms with E-state index in [-0.39, 0.29) is 27.8 Å². The monoisotopic (exact) mass is 452 g/mol. The quantitative estimate of drug-likeness (QED) is 0.406. The summed E-state index contributed by atoms with van der Waals surface area (Å²) in [4.78, 5) is 17.6. The van der Waals surface area contributed by atoms with Crippen LogP contribution in [0, 0.1) is 0 Å². The van der Waals surface area contributed by atoms with Crippen molar-refractivity contribution in [3.05, 3.63) is 65.1 Å². The van der Waals surface area contributed by atoms with Gasteiger partial charge in [0.1, 0.15) is 10.7 Å². The maximum atomic E-state index is 13.7. The molecule has 0 fully saturated rings. The predicted octanol–water partition coefficient (Wildman–Crippen LogP) is 5.64. The standard InChI is InChI=1S/C19H12ClF3N4O2S/c1-30-13-7-3-2-5-10(13)25-18(28)16-15(20)17-24-11(12-6-4-8-29-12)9-14(19(21,22)23)27(17)26-16/h2-9H,1H3,(H,25,28). The van der Waals surface area contributed by atoms with E-state index in [0.29, 0.717) is 10.2 Å².